The lowest BCUT2D eigenvalue weighted by Crippen LogP contribution is -2.43. The number of fused-ring (bicyclic) bond motifs is 2. The van der Waals surface area contributed by atoms with Gasteiger partial charge in [-0.15, -0.1) is 0 Å². The van der Waals surface area contributed by atoms with Gasteiger partial charge in [-0.1, -0.05) is 18.2 Å². The van der Waals surface area contributed by atoms with Crippen LogP contribution < -0.4 is 25.0 Å². The van der Waals surface area contributed by atoms with Crippen LogP contribution in [0.15, 0.2) is 42.5 Å². The highest BCUT2D eigenvalue weighted by atomic mass is 16.5. The predicted molar refractivity (Wildman–Crippen MR) is 106 cm³/mol. The fourth-order valence-corrected chi connectivity index (χ4v) is 3.59. The fraction of sp³-hybridized carbons (Fsp3) is 0.333. The Morgan fingerprint density at radius 1 is 1.11 bits per heavy atom. The first-order valence-corrected chi connectivity index (χ1v) is 9.45. The second kappa shape index (κ2) is 7.80. The Balaban J connectivity index is 1.35. The van der Waals surface area contributed by atoms with Crippen LogP contribution in [0.5, 0.6) is 11.5 Å². The monoisotopic (exact) mass is 381 g/mol. The highest BCUT2D eigenvalue weighted by Crippen LogP contribution is 2.32. The Kier molecular flexibility index (Phi) is 5.06. The largest absolute Gasteiger partial charge is 0.490 e. The van der Waals surface area contributed by atoms with E-state index in [9.17, 15) is 9.59 Å². The molecule has 0 radical (unpaired) electrons. The van der Waals surface area contributed by atoms with Gasteiger partial charge in [0.2, 0.25) is 5.91 Å². The summed E-state index contributed by atoms with van der Waals surface area (Å²) in [6.45, 7) is 3.38. The molecule has 7 heteroatoms. The number of benzene rings is 2. The van der Waals surface area contributed by atoms with Gasteiger partial charge in [0.15, 0.2) is 11.5 Å². The molecule has 146 valence electrons. The minimum atomic E-state index is -0.570. The van der Waals surface area contributed by atoms with Crippen molar-refractivity contribution in [2.75, 3.05) is 30.0 Å². The van der Waals surface area contributed by atoms with Crippen molar-refractivity contribution in [1.82, 2.24) is 5.32 Å². The number of amides is 3. The molecule has 2 aliphatic heterocycles. The normalized spacial score (nSPS) is 17.5. The van der Waals surface area contributed by atoms with Crippen molar-refractivity contribution in [2.24, 2.45) is 0 Å². The molecule has 0 saturated carbocycles. The molecule has 2 N–H and O–H groups in total. The number of hydrogen-bond acceptors (Lipinski definition) is 5. The maximum absolute atomic E-state index is 12.4. The first-order chi connectivity index (χ1) is 13.6. The van der Waals surface area contributed by atoms with Crippen molar-refractivity contribution in [3.63, 3.8) is 0 Å². The zero-order valence-corrected chi connectivity index (χ0v) is 15.7. The van der Waals surface area contributed by atoms with E-state index in [1.54, 1.807) is 18.2 Å². The molecule has 0 unspecified atom stereocenters. The highest BCUT2D eigenvalue weighted by Gasteiger charge is 2.27. The summed E-state index contributed by atoms with van der Waals surface area (Å²) in [5.41, 5.74) is 2.81. The molecule has 2 aromatic carbocycles. The summed E-state index contributed by atoms with van der Waals surface area (Å²) in [7, 11) is 0. The van der Waals surface area contributed by atoms with Gasteiger partial charge in [0, 0.05) is 29.9 Å². The van der Waals surface area contributed by atoms with Gasteiger partial charge < -0.3 is 19.7 Å². The molecule has 4 rings (SSSR count). The van der Waals surface area contributed by atoms with E-state index in [2.05, 4.69) is 23.6 Å². The van der Waals surface area contributed by atoms with Gasteiger partial charge in [-0.2, -0.15) is 0 Å². The first-order valence-electron chi connectivity index (χ1n) is 9.45. The molecule has 3 amide bonds. The zero-order valence-electron chi connectivity index (χ0n) is 15.7. The fourth-order valence-electron chi connectivity index (χ4n) is 3.59. The van der Waals surface area contributed by atoms with E-state index >= 15 is 0 Å². The highest BCUT2D eigenvalue weighted by molar-refractivity contribution is 6.02. The summed E-state index contributed by atoms with van der Waals surface area (Å²) in [5.74, 6) is 0.890. The van der Waals surface area contributed by atoms with Crippen LogP contribution in [0.25, 0.3) is 0 Å². The van der Waals surface area contributed by atoms with Gasteiger partial charge in [-0.3, -0.25) is 10.1 Å². The lowest BCUT2D eigenvalue weighted by Gasteiger charge is -2.24. The van der Waals surface area contributed by atoms with E-state index in [-0.39, 0.29) is 18.5 Å². The third-order valence-corrected chi connectivity index (χ3v) is 4.92. The molecular weight excluding hydrogens is 358 g/mol. The molecule has 0 spiro atoms. The number of nitrogens with one attached hydrogen (secondary N) is 2. The zero-order chi connectivity index (χ0) is 19.5. The molecule has 0 saturated heterocycles. The second-order valence-corrected chi connectivity index (χ2v) is 7.02. The van der Waals surface area contributed by atoms with Gasteiger partial charge in [0.05, 0.1) is 19.8 Å². The second-order valence-electron chi connectivity index (χ2n) is 7.02. The molecule has 0 fully saturated rings. The topological polar surface area (TPSA) is 79.9 Å². The Bertz CT molecular complexity index is 899. The molecule has 0 aliphatic carbocycles. The van der Waals surface area contributed by atoms with Crippen molar-refractivity contribution < 1.29 is 19.1 Å². The van der Waals surface area contributed by atoms with Crippen LogP contribution >= 0.6 is 0 Å². The number of imide groups is 1. The van der Waals surface area contributed by atoms with E-state index < -0.39 is 6.03 Å². The van der Waals surface area contributed by atoms with E-state index in [0.717, 1.165) is 18.5 Å². The summed E-state index contributed by atoms with van der Waals surface area (Å²) in [6.07, 6.45) is 1.71. The SMILES string of the molecule is C[C@@H]1Cc2ccccc2N1CC(=O)NC(=O)Nc1ccc2c(c1)OCCCO2. The van der Waals surface area contributed by atoms with Crippen LogP contribution in [0.4, 0.5) is 16.2 Å². The van der Waals surface area contributed by atoms with E-state index in [0.29, 0.717) is 30.4 Å². The Labute approximate surface area is 163 Å². The van der Waals surface area contributed by atoms with Crippen LogP contribution in [-0.2, 0) is 11.2 Å². The maximum Gasteiger partial charge on any atom is 0.325 e. The third-order valence-electron chi connectivity index (χ3n) is 4.92. The van der Waals surface area contributed by atoms with Gasteiger partial charge in [-0.25, -0.2) is 4.79 Å². The van der Waals surface area contributed by atoms with Crippen molar-refractivity contribution in [2.45, 2.75) is 25.8 Å². The maximum atomic E-state index is 12.4. The number of anilines is 2. The van der Waals surface area contributed by atoms with Gasteiger partial charge in [0.1, 0.15) is 0 Å². The average Bonchev–Trinajstić information content (AvgIpc) is 2.83. The summed E-state index contributed by atoms with van der Waals surface area (Å²) < 4.78 is 11.2. The molecule has 2 aliphatic rings. The number of carbonyl (C=O) groups is 2. The smallest absolute Gasteiger partial charge is 0.325 e. The molecule has 2 aromatic rings. The Morgan fingerprint density at radius 2 is 1.89 bits per heavy atom. The number of carbonyl (C=O) groups excluding carboxylic acids is 2. The quantitative estimate of drug-likeness (QED) is 0.855. The van der Waals surface area contributed by atoms with Crippen LogP contribution in [0.1, 0.15) is 18.9 Å². The number of hydrogen-bond donors (Lipinski definition) is 2. The summed E-state index contributed by atoms with van der Waals surface area (Å²) >= 11 is 0. The van der Waals surface area contributed by atoms with E-state index in [1.807, 2.05) is 23.1 Å². The Morgan fingerprint density at radius 3 is 2.75 bits per heavy atom. The van der Waals surface area contributed by atoms with Crippen LogP contribution in [0.2, 0.25) is 0 Å². The number of urea groups is 1. The summed E-state index contributed by atoms with van der Waals surface area (Å²) in [5, 5.41) is 5.07. The van der Waals surface area contributed by atoms with Crippen molar-refractivity contribution >= 4 is 23.3 Å². The van der Waals surface area contributed by atoms with Crippen molar-refractivity contribution in [3.8, 4) is 11.5 Å². The summed E-state index contributed by atoms with van der Waals surface area (Å²) in [6, 6.07) is 12.8. The lowest BCUT2D eigenvalue weighted by atomic mass is 10.1. The van der Waals surface area contributed by atoms with Gasteiger partial charge >= 0.3 is 6.03 Å². The minimum Gasteiger partial charge on any atom is -0.490 e. The standard InChI is InChI=1S/C21H23N3O4/c1-14-11-15-5-2-3-6-17(15)24(14)13-20(25)23-21(26)22-16-7-8-18-19(12-16)28-10-4-9-27-18/h2-3,5-8,12,14H,4,9-11,13H2,1H3,(H2,22,23,25,26)/t14-/m1/s1. The van der Waals surface area contributed by atoms with Gasteiger partial charge in [-0.05, 0) is 37.1 Å². The average molecular weight is 381 g/mol. The molecule has 7 nitrogen and oxygen atoms in total. The molecular formula is C21H23N3O4. The third kappa shape index (κ3) is 3.88. The van der Waals surface area contributed by atoms with Crippen LogP contribution in [-0.4, -0.2) is 37.7 Å². The summed E-state index contributed by atoms with van der Waals surface area (Å²) in [4.78, 5) is 26.6. The number of rotatable bonds is 3. The molecule has 2 heterocycles. The number of ether oxygens (including phenoxy) is 2. The van der Waals surface area contributed by atoms with E-state index in [1.165, 1.54) is 5.56 Å². The first kappa shape index (κ1) is 18.2. The molecule has 0 bridgehead atoms. The van der Waals surface area contributed by atoms with E-state index in [4.69, 9.17) is 9.47 Å². The molecule has 28 heavy (non-hydrogen) atoms. The predicted octanol–water partition coefficient (Wildman–Crippen LogP) is 2.95. The van der Waals surface area contributed by atoms with Crippen LogP contribution in [0, 0.1) is 0 Å². The Hall–Kier alpha value is -3.22. The van der Waals surface area contributed by atoms with Crippen LogP contribution in [0.3, 0.4) is 0 Å². The van der Waals surface area contributed by atoms with Gasteiger partial charge in [0.25, 0.3) is 0 Å². The minimum absolute atomic E-state index is 0.132. The number of para-hydroxylation sites is 1. The number of nitrogens with zero attached hydrogens (tertiary/aromatic N) is 1. The lowest BCUT2D eigenvalue weighted by molar-refractivity contribution is -0.118. The van der Waals surface area contributed by atoms with Crippen molar-refractivity contribution in [3.05, 3.63) is 48.0 Å². The molecule has 0 aromatic heterocycles. The van der Waals surface area contributed by atoms with Crippen molar-refractivity contribution in [1.29, 1.82) is 0 Å². The molecule has 1 atom stereocenters.